The van der Waals surface area contributed by atoms with Gasteiger partial charge < -0.3 is 5.32 Å². The first kappa shape index (κ1) is 13.3. The predicted molar refractivity (Wildman–Crippen MR) is 84.8 cm³/mol. The second-order valence-electron chi connectivity index (χ2n) is 4.80. The Kier molecular flexibility index (Phi) is 3.92. The molecule has 0 spiro atoms. The zero-order chi connectivity index (χ0) is 14.5. The lowest BCUT2D eigenvalue weighted by molar-refractivity contribution is -0.113. The third-order valence-corrected chi connectivity index (χ3v) is 3.22. The molecule has 21 heavy (non-hydrogen) atoms. The zero-order valence-corrected chi connectivity index (χ0v) is 11.5. The van der Waals surface area contributed by atoms with Gasteiger partial charge in [0.25, 0.3) is 0 Å². The van der Waals surface area contributed by atoms with Crippen LogP contribution in [0.4, 0.5) is 5.69 Å². The van der Waals surface area contributed by atoms with Gasteiger partial charge in [0.1, 0.15) is 0 Å². The number of hydrogen-bond acceptors (Lipinski definition) is 2. The van der Waals surface area contributed by atoms with E-state index in [0.717, 1.165) is 16.5 Å². The molecular formula is C18H15N2O. The summed E-state index contributed by atoms with van der Waals surface area (Å²) in [7, 11) is 0. The van der Waals surface area contributed by atoms with Crippen LogP contribution >= 0.6 is 0 Å². The highest BCUT2D eigenvalue weighted by atomic mass is 16.1. The Balaban J connectivity index is 1.63. The summed E-state index contributed by atoms with van der Waals surface area (Å²) in [6.45, 7) is 0. The van der Waals surface area contributed by atoms with Gasteiger partial charge in [-0.15, -0.1) is 0 Å². The van der Waals surface area contributed by atoms with E-state index in [1.165, 1.54) is 0 Å². The zero-order valence-electron chi connectivity index (χ0n) is 11.5. The number of anilines is 1. The summed E-state index contributed by atoms with van der Waals surface area (Å²) in [5.41, 5.74) is 2.75. The quantitative estimate of drug-likeness (QED) is 0.790. The van der Waals surface area contributed by atoms with Crippen LogP contribution in [0.15, 0.2) is 66.9 Å². The first-order valence-corrected chi connectivity index (χ1v) is 6.84. The molecule has 3 rings (SSSR count). The maximum Gasteiger partial charge on any atom is 0.228 e. The van der Waals surface area contributed by atoms with Crippen molar-refractivity contribution in [2.45, 2.75) is 6.42 Å². The minimum Gasteiger partial charge on any atom is -0.324 e. The van der Waals surface area contributed by atoms with Gasteiger partial charge in [0, 0.05) is 5.39 Å². The number of fused-ring (bicyclic) bond motifs is 1. The fourth-order valence-corrected chi connectivity index (χ4v) is 2.16. The number of benzene rings is 2. The van der Waals surface area contributed by atoms with E-state index in [9.17, 15) is 4.79 Å². The molecular weight excluding hydrogens is 260 g/mol. The Bertz CT molecular complexity index is 753. The maximum absolute atomic E-state index is 11.9. The van der Waals surface area contributed by atoms with Crippen molar-refractivity contribution in [2.75, 3.05) is 5.32 Å². The number of pyridine rings is 1. The third kappa shape index (κ3) is 3.45. The van der Waals surface area contributed by atoms with E-state index in [-0.39, 0.29) is 5.91 Å². The average Bonchev–Trinajstić information content (AvgIpc) is 2.54. The van der Waals surface area contributed by atoms with E-state index in [1.54, 1.807) is 12.6 Å². The van der Waals surface area contributed by atoms with Crippen molar-refractivity contribution in [3.05, 3.63) is 78.8 Å². The molecule has 0 aliphatic heterocycles. The number of aromatic nitrogens is 1. The van der Waals surface area contributed by atoms with Crippen LogP contribution in [0.5, 0.6) is 0 Å². The smallest absolute Gasteiger partial charge is 0.228 e. The molecule has 0 aliphatic rings. The van der Waals surface area contributed by atoms with E-state index < -0.39 is 0 Å². The molecule has 0 bridgehead atoms. The summed E-state index contributed by atoms with van der Waals surface area (Å²) in [6.07, 6.45) is 3.94. The number of carbonyl (C=O) groups excluding carboxylic acids is 1. The van der Waals surface area contributed by atoms with Crippen molar-refractivity contribution in [3.8, 4) is 0 Å². The molecule has 1 N–H and O–H groups in total. The van der Waals surface area contributed by atoms with Crippen LogP contribution in [0, 0.1) is 6.42 Å². The molecule has 1 aromatic heterocycles. The standard InChI is InChI=1S/C18H15N2O/c21-18(11-10-14-6-2-1-3-7-14)20-16-12-15-8-4-5-9-17(15)19-13-16/h1-9,11-13H,10H2,(H,20,21). The highest BCUT2D eigenvalue weighted by molar-refractivity contribution is 5.98. The maximum atomic E-state index is 11.9. The SMILES string of the molecule is O=C([CH]Cc1ccccc1)Nc1cnc2ccccc2c1. The van der Waals surface area contributed by atoms with Gasteiger partial charge in [-0.1, -0.05) is 48.5 Å². The van der Waals surface area contributed by atoms with Crippen LogP contribution in [-0.2, 0) is 11.2 Å². The Morgan fingerprint density at radius 1 is 1.05 bits per heavy atom. The molecule has 1 radical (unpaired) electrons. The Morgan fingerprint density at radius 2 is 1.81 bits per heavy atom. The highest BCUT2D eigenvalue weighted by Gasteiger charge is 2.04. The topological polar surface area (TPSA) is 42.0 Å². The Morgan fingerprint density at radius 3 is 2.67 bits per heavy atom. The number of amides is 1. The molecule has 2 aromatic carbocycles. The first-order valence-electron chi connectivity index (χ1n) is 6.84. The van der Waals surface area contributed by atoms with Gasteiger partial charge in [-0.25, -0.2) is 0 Å². The number of carbonyl (C=O) groups is 1. The van der Waals surface area contributed by atoms with Crippen LogP contribution in [-0.4, -0.2) is 10.9 Å². The first-order chi connectivity index (χ1) is 10.3. The summed E-state index contributed by atoms with van der Waals surface area (Å²) < 4.78 is 0. The molecule has 0 atom stereocenters. The number of hydrogen-bond donors (Lipinski definition) is 1. The van der Waals surface area contributed by atoms with Gasteiger partial charge in [0.05, 0.1) is 23.8 Å². The van der Waals surface area contributed by atoms with Gasteiger partial charge in [-0.3, -0.25) is 9.78 Å². The van der Waals surface area contributed by atoms with Crippen LogP contribution < -0.4 is 5.32 Å². The van der Waals surface area contributed by atoms with Crippen LogP contribution in [0.3, 0.4) is 0 Å². The predicted octanol–water partition coefficient (Wildman–Crippen LogP) is 3.62. The summed E-state index contributed by atoms with van der Waals surface area (Å²) in [6, 6.07) is 19.7. The summed E-state index contributed by atoms with van der Waals surface area (Å²) in [5.74, 6) is -0.115. The Labute approximate surface area is 123 Å². The summed E-state index contributed by atoms with van der Waals surface area (Å²) >= 11 is 0. The minimum atomic E-state index is -0.115. The molecule has 103 valence electrons. The van der Waals surface area contributed by atoms with Gasteiger partial charge in [-0.05, 0) is 24.1 Å². The van der Waals surface area contributed by atoms with Crippen LogP contribution in [0.25, 0.3) is 10.9 Å². The molecule has 0 unspecified atom stereocenters. The van der Waals surface area contributed by atoms with Crippen molar-refractivity contribution < 1.29 is 4.79 Å². The van der Waals surface area contributed by atoms with Crippen molar-refractivity contribution in [2.24, 2.45) is 0 Å². The van der Waals surface area contributed by atoms with Gasteiger partial charge in [0.2, 0.25) is 5.91 Å². The largest absolute Gasteiger partial charge is 0.324 e. The van der Waals surface area contributed by atoms with Gasteiger partial charge in [-0.2, -0.15) is 0 Å². The van der Waals surface area contributed by atoms with E-state index in [0.29, 0.717) is 12.1 Å². The van der Waals surface area contributed by atoms with Crippen molar-refractivity contribution in [3.63, 3.8) is 0 Å². The molecule has 0 aliphatic carbocycles. The van der Waals surface area contributed by atoms with E-state index in [2.05, 4.69) is 10.3 Å². The molecule has 3 nitrogen and oxygen atoms in total. The van der Waals surface area contributed by atoms with E-state index in [1.807, 2.05) is 60.7 Å². The fraction of sp³-hybridized carbons (Fsp3) is 0.0556. The molecule has 0 saturated carbocycles. The van der Waals surface area contributed by atoms with Crippen molar-refractivity contribution >= 4 is 22.5 Å². The molecule has 1 heterocycles. The lowest BCUT2D eigenvalue weighted by Crippen LogP contribution is -2.13. The fourth-order valence-electron chi connectivity index (χ4n) is 2.16. The van der Waals surface area contributed by atoms with Gasteiger partial charge >= 0.3 is 0 Å². The second kappa shape index (κ2) is 6.18. The molecule has 1 amide bonds. The molecule has 0 fully saturated rings. The van der Waals surface area contributed by atoms with E-state index >= 15 is 0 Å². The molecule has 3 heteroatoms. The van der Waals surface area contributed by atoms with Crippen molar-refractivity contribution in [1.82, 2.24) is 4.98 Å². The molecule has 0 saturated heterocycles. The average molecular weight is 275 g/mol. The minimum absolute atomic E-state index is 0.115. The summed E-state index contributed by atoms with van der Waals surface area (Å²) in [5, 5.41) is 3.86. The number of nitrogens with one attached hydrogen (secondary N) is 1. The van der Waals surface area contributed by atoms with E-state index in [4.69, 9.17) is 0 Å². The third-order valence-electron chi connectivity index (χ3n) is 3.22. The second-order valence-corrected chi connectivity index (χ2v) is 4.80. The number of rotatable bonds is 4. The van der Waals surface area contributed by atoms with Gasteiger partial charge in [0.15, 0.2) is 0 Å². The van der Waals surface area contributed by atoms with Crippen LogP contribution in [0.2, 0.25) is 0 Å². The van der Waals surface area contributed by atoms with Crippen molar-refractivity contribution in [1.29, 1.82) is 0 Å². The lowest BCUT2D eigenvalue weighted by Gasteiger charge is -2.06. The van der Waals surface area contributed by atoms with Crippen LogP contribution in [0.1, 0.15) is 5.56 Å². The number of para-hydroxylation sites is 1. The lowest BCUT2D eigenvalue weighted by atomic mass is 10.1. The number of nitrogens with zero attached hydrogens (tertiary/aromatic N) is 1. The normalized spacial score (nSPS) is 10.5. The monoisotopic (exact) mass is 275 g/mol. The highest BCUT2D eigenvalue weighted by Crippen LogP contribution is 2.16. The summed E-state index contributed by atoms with van der Waals surface area (Å²) in [4.78, 5) is 16.3. The molecule has 3 aromatic rings. The Hall–Kier alpha value is -2.68.